The molecule has 0 saturated carbocycles. The fourth-order valence-electron chi connectivity index (χ4n) is 1.74. The van der Waals surface area contributed by atoms with Gasteiger partial charge in [0.25, 0.3) is 0 Å². The van der Waals surface area contributed by atoms with E-state index >= 15 is 0 Å². The second-order valence-electron chi connectivity index (χ2n) is 4.55. The van der Waals surface area contributed by atoms with E-state index in [1.165, 1.54) is 11.3 Å². The van der Waals surface area contributed by atoms with Crippen LogP contribution >= 0.6 is 11.3 Å². The summed E-state index contributed by atoms with van der Waals surface area (Å²) in [6, 6.07) is 3.54. The van der Waals surface area contributed by atoms with Crippen LogP contribution in [0.25, 0.3) is 0 Å². The van der Waals surface area contributed by atoms with E-state index in [2.05, 4.69) is 4.72 Å². The zero-order chi connectivity index (χ0) is 15.8. The van der Waals surface area contributed by atoms with Gasteiger partial charge in [-0.1, -0.05) is 0 Å². The summed E-state index contributed by atoms with van der Waals surface area (Å²) in [6.07, 6.45) is 0. The number of hydrogen-bond acceptors (Lipinski definition) is 4. The lowest BCUT2D eigenvalue weighted by molar-refractivity contribution is 0.548. The maximum Gasteiger partial charge on any atom is 0.243 e. The number of rotatable bonds is 4. The van der Waals surface area contributed by atoms with Crippen molar-refractivity contribution in [3.8, 4) is 0 Å². The molecular formula is C13H14F2N2O2S2. The van der Waals surface area contributed by atoms with Gasteiger partial charge < -0.3 is 5.73 Å². The molecule has 0 aliphatic carbocycles. The molecule has 0 aliphatic heterocycles. The molecule has 1 aromatic carbocycles. The van der Waals surface area contributed by atoms with Crippen LogP contribution in [0.15, 0.2) is 23.1 Å². The van der Waals surface area contributed by atoms with Gasteiger partial charge in [0.2, 0.25) is 10.0 Å². The zero-order valence-corrected chi connectivity index (χ0v) is 13.0. The second kappa shape index (κ2) is 5.70. The first-order valence-electron chi connectivity index (χ1n) is 6.01. The molecule has 2 rings (SSSR count). The fraction of sp³-hybridized carbons (Fsp3) is 0.231. The maximum atomic E-state index is 13.8. The summed E-state index contributed by atoms with van der Waals surface area (Å²) in [5.41, 5.74) is 5.43. The quantitative estimate of drug-likeness (QED) is 0.846. The second-order valence-corrected chi connectivity index (χ2v) is 7.63. The van der Waals surface area contributed by atoms with Crippen LogP contribution in [0.1, 0.15) is 15.3 Å². The molecule has 1 heterocycles. The highest BCUT2D eigenvalue weighted by molar-refractivity contribution is 7.89. The van der Waals surface area contributed by atoms with E-state index in [0.717, 1.165) is 27.5 Å². The molecule has 21 heavy (non-hydrogen) atoms. The third kappa shape index (κ3) is 3.22. The first kappa shape index (κ1) is 15.9. The highest BCUT2D eigenvalue weighted by atomic mass is 32.2. The Kier molecular flexibility index (Phi) is 4.31. The van der Waals surface area contributed by atoms with Gasteiger partial charge in [0.05, 0.1) is 0 Å². The zero-order valence-electron chi connectivity index (χ0n) is 11.4. The molecule has 8 heteroatoms. The molecular weight excluding hydrogens is 318 g/mol. The Morgan fingerprint density at radius 2 is 1.95 bits per heavy atom. The predicted octanol–water partition coefficient (Wildman–Crippen LogP) is 2.70. The van der Waals surface area contributed by atoms with E-state index in [-0.39, 0.29) is 6.54 Å². The Bertz CT molecular complexity index is 766. The summed E-state index contributed by atoms with van der Waals surface area (Å²) in [7, 11) is -4.10. The van der Waals surface area contributed by atoms with Crippen LogP contribution in [0.4, 0.5) is 14.5 Å². The van der Waals surface area contributed by atoms with Crippen LogP contribution in [0.5, 0.6) is 0 Å². The Morgan fingerprint density at radius 3 is 2.52 bits per heavy atom. The summed E-state index contributed by atoms with van der Waals surface area (Å²) in [4.78, 5) is 1.23. The molecule has 3 N–H and O–H groups in total. The average Bonchev–Trinajstić information content (AvgIpc) is 2.73. The molecule has 0 fully saturated rings. The number of nitrogens with two attached hydrogens (primary N) is 1. The lowest BCUT2D eigenvalue weighted by Gasteiger charge is -2.08. The standard InChI is InChI=1S/C13H14F2N2O2S2/c1-7-5-9(20-8(7)2)6-17-21(18,19)11-4-3-10(14)13(16)12(11)15/h3-5,17H,6,16H2,1-2H3. The van der Waals surface area contributed by atoms with Gasteiger partial charge in [-0.05, 0) is 37.6 Å². The minimum atomic E-state index is -4.10. The highest BCUT2D eigenvalue weighted by Gasteiger charge is 2.22. The van der Waals surface area contributed by atoms with Crippen LogP contribution < -0.4 is 10.5 Å². The third-order valence-electron chi connectivity index (χ3n) is 3.03. The number of nitrogens with one attached hydrogen (secondary N) is 1. The van der Waals surface area contributed by atoms with Gasteiger partial charge in [-0.2, -0.15) is 0 Å². The molecule has 0 spiro atoms. The minimum absolute atomic E-state index is 0.0401. The van der Waals surface area contributed by atoms with Gasteiger partial charge in [0.1, 0.15) is 16.4 Å². The van der Waals surface area contributed by atoms with Gasteiger partial charge in [0, 0.05) is 16.3 Å². The number of aryl methyl sites for hydroxylation is 2. The maximum absolute atomic E-state index is 13.8. The number of halogens is 2. The highest BCUT2D eigenvalue weighted by Crippen LogP contribution is 2.24. The van der Waals surface area contributed by atoms with Crippen molar-refractivity contribution >= 4 is 27.0 Å². The molecule has 0 aliphatic rings. The minimum Gasteiger partial charge on any atom is -0.394 e. The number of thiophene rings is 1. The largest absolute Gasteiger partial charge is 0.394 e. The molecule has 4 nitrogen and oxygen atoms in total. The van der Waals surface area contributed by atoms with Crippen molar-refractivity contribution in [3.05, 3.63) is 45.2 Å². The topological polar surface area (TPSA) is 72.2 Å². The third-order valence-corrected chi connectivity index (χ3v) is 5.61. The summed E-state index contributed by atoms with van der Waals surface area (Å²) in [5, 5.41) is 0. The molecule has 0 bridgehead atoms. The van der Waals surface area contributed by atoms with Gasteiger partial charge >= 0.3 is 0 Å². The summed E-state index contributed by atoms with van der Waals surface area (Å²) < 4.78 is 53.2. The van der Waals surface area contributed by atoms with Gasteiger partial charge in [-0.25, -0.2) is 21.9 Å². The first-order chi connectivity index (χ1) is 9.72. The van der Waals surface area contributed by atoms with Gasteiger partial charge in [-0.15, -0.1) is 11.3 Å². The van der Waals surface area contributed by atoms with Gasteiger partial charge in [-0.3, -0.25) is 0 Å². The molecule has 0 amide bonds. The van der Waals surface area contributed by atoms with E-state index in [0.29, 0.717) is 0 Å². The monoisotopic (exact) mass is 332 g/mol. The SMILES string of the molecule is Cc1cc(CNS(=O)(=O)c2ccc(F)c(N)c2F)sc1C. The van der Waals surface area contributed by atoms with Crippen LogP contribution in [0, 0.1) is 25.5 Å². The smallest absolute Gasteiger partial charge is 0.243 e. The fourth-order valence-corrected chi connectivity index (χ4v) is 3.92. The summed E-state index contributed by atoms with van der Waals surface area (Å²) in [5.74, 6) is -2.27. The number of sulfonamides is 1. The van der Waals surface area contributed by atoms with Crippen molar-refractivity contribution < 1.29 is 17.2 Å². The Morgan fingerprint density at radius 1 is 1.29 bits per heavy atom. The molecule has 0 saturated heterocycles. The molecule has 114 valence electrons. The van der Waals surface area contributed by atoms with E-state index in [1.54, 1.807) is 0 Å². The number of anilines is 1. The Hall–Kier alpha value is -1.51. The first-order valence-corrected chi connectivity index (χ1v) is 8.31. The molecule has 1 aromatic heterocycles. The number of nitrogen functional groups attached to an aromatic ring is 1. The molecule has 0 atom stereocenters. The van der Waals surface area contributed by atoms with Crippen molar-refractivity contribution in [3.63, 3.8) is 0 Å². The summed E-state index contributed by atoms with van der Waals surface area (Å²) >= 11 is 1.45. The average molecular weight is 332 g/mol. The Labute approximate surface area is 125 Å². The van der Waals surface area contributed by atoms with Gasteiger partial charge in [0.15, 0.2) is 5.82 Å². The van der Waals surface area contributed by atoms with Crippen LogP contribution in [-0.4, -0.2) is 8.42 Å². The van der Waals surface area contributed by atoms with E-state index in [9.17, 15) is 17.2 Å². The van der Waals surface area contributed by atoms with Crippen molar-refractivity contribution in [1.29, 1.82) is 0 Å². The van der Waals surface area contributed by atoms with E-state index < -0.39 is 32.2 Å². The van der Waals surface area contributed by atoms with Crippen LogP contribution in [-0.2, 0) is 16.6 Å². The van der Waals surface area contributed by atoms with Crippen LogP contribution in [0.2, 0.25) is 0 Å². The lowest BCUT2D eigenvalue weighted by atomic mass is 10.3. The molecule has 0 unspecified atom stereocenters. The predicted molar refractivity (Wildman–Crippen MR) is 78.6 cm³/mol. The number of benzene rings is 1. The van der Waals surface area contributed by atoms with Crippen LogP contribution in [0.3, 0.4) is 0 Å². The van der Waals surface area contributed by atoms with E-state index in [4.69, 9.17) is 5.73 Å². The van der Waals surface area contributed by atoms with E-state index in [1.807, 2.05) is 19.9 Å². The lowest BCUT2D eigenvalue weighted by Crippen LogP contribution is -2.24. The van der Waals surface area contributed by atoms with Crippen molar-refractivity contribution in [2.45, 2.75) is 25.3 Å². The Balaban J connectivity index is 2.25. The molecule has 2 aromatic rings. The normalized spacial score (nSPS) is 11.8. The van der Waals surface area contributed by atoms with Crippen molar-refractivity contribution in [2.75, 3.05) is 5.73 Å². The molecule has 0 radical (unpaired) electrons. The van der Waals surface area contributed by atoms with Crippen molar-refractivity contribution in [1.82, 2.24) is 4.72 Å². The van der Waals surface area contributed by atoms with Crippen molar-refractivity contribution in [2.24, 2.45) is 0 Å². The number of hydrogen-bond donors (Lipinski definition) is 2. The summed E-state index contributed by atoms with van der Waals surface area (Å²) in [6.45, 7) is 3.89.